The second-order valence-corrected chi connectivity index (χ2v) is 6.55. The molecule has 0 radical (unpaired) electrons. The summed E-state index contributed by atoms with van der Waals surface area (Å²) in [5.74, 6) is 0.373. The molecule has 1 heterocycles. The van der Waals surface area contributed by atoms with E-state index in [0.717, 1.165) is 16.9 Å². The summed E-state index contributed by atoms with van der Waals surface area (Å²) in [5, 5.41) is 3.25. The Morgan fingerprint density at radius 1 is 1.11 bits per heavy atom. The standard InChI is InChI=1S/C18H17Cl2N5O2/c1-3-25-10(2)21-15-6-4-5-12(16(15)25)17(26)23-24-18(27)22-11-7-8-13(19)14(20)9-11/h4-9H,3H2,1-2H3,(H,23,26)(H2,22,24,27). The van der Waals surface area contributed by atoms with Gasteiger partial charge in [-0.3, -0.25) is 10.2 Å². The Balaban J connectivity index is 1.71. The van der Waals surface area contributed by atoms with E-state index in [4.69, 9.17) is 23.2 Å². The third kappa shape index (κ3) is 3.99. The zero-order valence-electron chi connectivity index (χ0n) is 14.6. The van der Waals surface area contributed by atoms with Crippen LogP contribution in [-0.4, -0.2) is 21.5 Å². The predicted molar refractivity (Wildman–Crippen MR) is 106 cm³/mol. The highest BCUT2D eigenvalue weighted by Gasteiger charge is 2.16. The molecule has 2 aromatic carbocycles. The number of nitrogens with one attached hydrogen (secondary N) is 3. The molecule has 0 saturated carbocycles. The van der Waals surface area contributed by atoms with Crippen molar-refractivity contribution in [3.05, 3.63) is 57.8 Å². The van der Waals surface area contributed by atoms with Crippen LogP contribution >= 0.6 is 23.2 Å². The van der Waals surface area contributed by atoms with Crippen LogP contribution in [0.1, 0.15) is 23.1 Å². The number of hydrogen-bond donors (Lipinski definition) is 3. The van der Waals surface area contributed by atoms with Crippen LogP contribution in [0.5, 0.6) is 0 Å². The Labute approximate surface area is 165 Å². The van der Waals surface area contributed by atoms with Gasteiger partial charge in [-0.05, 0) is 44.2 Å². The minimum atomic E-state index is -0.617. The van der Waals surface area contributed by atoms with Crippen molar-refractivity contribution in [3.8, 4) is 0 Å². The number of hydrogen-bond acceptors (Lipinski definition) is 3. The zero-order valence-corrected chi connectivity index (χ0v) is 16.1. The normalized spacial score (nSPS) is 10.7. The summed E-state index contributed by atoms with van der Waals surface area (Å²) in [6.07, 6.45) is 0. The minimum absolute atomic E-state index is 0.313. The van der Waals surface area contributed by atoms with Gasteiger partial charge >= 0.3 is 6.03 Å². The summed E-state index contributed by atoms with van der Waals surface area (Å²) >= 11 is 11.7. The van der Waals surface area contributed by atoms with Crippen molar-refractivity contribution < 1.29 is 9.59 Å². The molecule has 0 atom stereocenters. The molecule has 0 spiro atoms. The van der Waals surface area contributed by atoms with Gasteiger partial charge in [-0.1, -0.05) is 29.3 Å². The monoisotopic (exact) mass is 405 g/mol. The number of fused-ring (bicyclic) bond motifs is 1. The predicted octanol–water partition coefficient (Wildman–Crippen LogP) is 4.14. The van der Waals surface area contributed by atoms with Crippen LogP contribution in [0.4, 0.5) is 10.5 Å². The van der Waals surface area contributed by atoms with E-state index in [1.54, 1.807) is 24.3 Å². The van der Waals surface area contributed by atoms with Crippen LogP contribution in [-0.2, 0) is 6.54 Å². The Morgan fingerprint density at radius 3 is 2.59 bits per heavy atom. The fraction of sp³-hybridized carbons (Fsp3) is 0.167. The third-order valence-corrected chi connectivity index (χ3v) is 4.72. The highest BCUT2D eigenvalue weighted by molar-refractivity contribution is 6.42. The van der Waals surface area contributed by atoms with Crippen LogP contribution in [0.2, 0.25) is 10.0 Å². The molecule has 0 bridgehead atoms. The van der Waals surface area contributed by atoms with Gasteiger partial charge < -0.3 is 9.88 Å². The topological polar surface area (TPSA) is 88.1 Å². The number of carbonyl (C=O) groups excluding carboxylic acids is 2. The number of rotatable bonds is 3. The lowest BCUT2D eigenvalue weighted by atomic mass is 10.1. The van der Waals surface area contributed by atoms with Crippen molar-refractivity contribution in [1.82, 2.24) is 20.4 Å². The molecule has 0 unspecified atom stereocenters. The zero-order chi connectivity index (χ0) is 19.6. The fourth-order valence-electron chi connectivity index (χ4n) is 2.79. The van der Waals surface area contributed by atoms with Gasteiger partial charge in [0.15, 0.2) is 0 Å². The molecule has 0 aliphatic heterocycles. The van der Waals surface area contributed by atoms with Crippen molar-refractivity contribution in [2.45, 2.75) is 20.4 Å². The van der Waals surface area contributed by atoms with Crippen molar-refractivity contribution in [2.24, 2.45) is 0 Å². The number of hydrazine groups is 1. The molecule has 3 amide bonds. The van der Waals surface area contributed by atoms with Gasteiger partial charge in [0, 0.05) is 12.2 Å². The minimum Gasteiger partial charge on any atom is -0.328 e. The molecular formula is C18H17Cl2N5O2. The first-order valence-electron chi connectivity index (χ1n) is 8.19. The van der Waals surface area contributed by atoms with E-state index in [2.05, 4.69) is 21.2 Å². The Morgan fingerprint density at radius 2 is 1.89 bits per heavy atom. The van der Waals surface area contributed by atoms with E-state index < -0.39 is 11.9 Å². The van der Waals surface area contributed by atoms with Gasteiger partial charge in [-0.25, -0.2) is 15.2 Å². The van der Waals surface area contributed by atoms with Crippen LogP contribution in [0.3, 0.4) is 0 Å². The van der Waals surface area contributed by atoms with Gasteiger partial charge in [0.1, 0.15) is 5.82 Å². The van der Waals surface area contributed by atoms with Crippen molar-refractivity contribution in [3.63, 3.8) is 0 Å². The molecule has 3 rings (SSSR count). The van der Waals surface area contributed by atoms with E-state index in [-0.39, 0.29) is 0 Å². The van der Waals surface area contributed by atoms with Crippen LogP contribution in [0, 0.1) is 6.92 Å². The molecule has 0 aliphatic rings. The van der Waals surface area contributed by atoms with E-state index in [1.165, 1.54) is 6.07 Å². The third-order valence-electron chi connectivity index (χ3n) is 3.99. The Kier molecular flexibility index (Phi) is 5.53. The molecule has 1 aromatic heterocycles. The van der Waals surface area contributed by atoms with Gasteiger partial charge in [-0.15, -0.1) is 0 Å². The number of para-hydroxylation sites is 1. The average molecular weight is 406 g/mol. The van der Waals surface area contributed by atoms with E-state index in [1.807, 2.05) is 24.5 Å². The lowest BCUT2D eigenvalue weighted by molar-refractivity contribution is 0.0939. The first-order chi connectivity index (χ1) is 12.9. The molecule has 3 aromatic rings. The smallest absolute Gasteiger partial charge is 0.328 e. The number of urea groups is 1. The van der Waals surface area contributed by atoms with Gasteiger partial charge in [0.05, 0.1) is 26.6 Å². The van der Waals surface area contributed by atoms with Gasteiger partial charge in [-0.2, -0.15) is 0 Å². The average Bonchev–Trinajstić information content (AvgIpc) is 2.97. The molecular weight excluding hydrogens is 389 g/mol. The summed E-state index contributed by atoms with van der Waals surface area (Å²) in [6.45, 7) is 4.54. The number of nitrogens with zero attached hydrogens (tertiary/aromatic N) is 2. The molecule has 9 heteroatoms. The van der Waals surface area contributed by atoms with Crippen LogP contribution in [0.15, 0.2) is 36.4 Å². The molecule has 0 fully saturated rings. The van der Waals surface area contributed by atoms with E-state index >= 15 is 0 Å². The number of aryl methyl sites for hydroxylation is 2. The summed E-state index contributed by atoms with van der Waals surface area (Å²) < 4.78 is 1.94. The lowest BCUT2D eigenvalue weighted by Gasteiger charge is -2.11. The van der Waals surface area contributed by atoms with Crippen molar-refractivity contribution >= 4 is 51.9 Å². The second kappa shape index (κ2) is 7.85. The molecule has 27 heavy (non-hydrogen) atoms. The van der Waals surface area contributed by atoms with Gasteiger partial charge in [0.25, 0.3) is 5.91 Å². The highest BCUT2D eigenvalue weighted by atomic mass is 35.5. The molecule has 0 saturated heterocycles. The SMILES string of the molecule is CCn1c(C)nc2cccc(C(=O)NNC(=O)Nc3ccc(Cl)c(Cl)c3)c21. The number of carbonyl (C=O) groups is 2. The molecule has 7 nitrogen and oxygen atoms in total. The first-order valence-corrected chi connectivity index (χ1v) is 8.94. The largest absolute Gasteiger partial charge is 0.337 e. The number of imidazole rings is 1. The highest BCUT2D eigenvalue weighted by Crippen LogP contribution is 2.25. The number of halogens is 2. The number of benzene rings is 2. The van der Waals surface area contributed by atoms with Crippen molar-refractivity contribution in [1.29, 1.82) is 0 Å². The molecule has 3 N–H and O–H groups in total. The lowest BCUT2D eigenvalue weighted by Crippen LogP contribution is -2.44. The summed E-state index contributed by atoms with van der Waals surface area (Å²) in [4.78, 5) is 29.0. The maximum Gasteiger partial charge on any atom is 0.337 e. The summed E-state index contributed by atoms with van der Waals surface area (Å²) in [5.41, 5.74) is 7.03. The maximum absolute atomic E-state index is 12.6. The maximum atomic E-state index is 12.6. The second-order valence-electron chi connectivity index (χ2n) is 5.74. The first kappa shape index (κ1) is 19.0. The van der Waals surface area contributed by atoms with Crippen molar-refractivity contribution in [2.75, 3.05) is 5.32 Å². The van der Waals surface area contributed by atoms with Gasteiger partial charge in [0.2, 0.25) is 0 Å². The summed E-state index contributed by atoms with van der Waals surface area (Å²) in [6, 6.07) is 9.33. The van der Waals surface area contributed by atoms with Crippen LogP contribution in [0.25, 0.3) is 11.0 Å². The Hall–Kier alpha value is -2.77. The number of amides is 3. The number of anilines is 1. The molecule has 140 valence electrons. The van der Waals surface area contributed by atoms with Crippen LogP contribution < -0.4 is 16.2 Å². The fourth-order valence-corrected chi connectivity index (χ4v) is 3.09. The molecule has 0 aliphatic carbocycles. The van der Waals surface area contributed by atoms with E-state index in [9.17, 15) is 9.59 Å². The van der Waals surface area contributed by atoms with E-state index in [0.29, 0.717) is 27.8 Å². The summed E-state index contributed by atoms with van der Waals surface area (Å²) in [7, 11) is 0. The number of aromatic nitrogens is 2. The Bertz CT molecular complexity index is 1030. The quantitative estimate of drug-likeness (QED) is 0.572.